The number of hydroxylamine groups is 3. The molecular weight excluding hydrogens is 350 g/mol. The number of nitrogens with one attached hydrogen (secondary N) is 1. The van der Waals surface area contributed by atoms with Crippen LogP contribution in [0.3, 0.4) is 0 Å². The second kappa shape index (κ2) is 7.50. The summed E-state index contributed by atoms with van der Waals surface area (Å²) in [6.07, 6.45) is 1.73. The van der Waals surface area contributed by atoms with E-state index < -0.39 is 0 Å². The molecule has 1 heterocycles. The summed E-state index contributed by atoms with van der Waals surface area (Å²) >= 11 is 6.12. The number of anilines is 2. The molecule has 2 aromatic carbocycles. The molecule has 3 aromatic rings. The van der Waals surface area contributed by atoms with Gasteiger partial charge >= 0.3 is 0 Å². The number of aromatic nitrogens is 1. The quantitative estimate of drug-likeness (QED) is 0.355. The van der Waals surface area contributed by atoms with Crippen LogP contribution in [0.2, 0.25) is 5.02 Å². The van der Waals surface area contributed by atoms with Gasteiger partial charge in [-0.1, -0.05) is 11.6 Å². The Morgan fingerprint density at radius 2 is 1.88 bits per heavy atom. The van der Waals surface area contributed by atoms with Gasteiger partial charge in [0.15, 0.2) is 0 Å². The number of fused-ring (bicyclic) bond motifs is 1. The molecule has 136 valence electrons. The zero-order chi connectivity index (χ0) is 18.7. The van der Waals surface area contributed by atoms with E-state index in [1.165, 1.54) is 0 Å². The first kappa shape index (κ1) is 18.5. The standard InChI is InChI=1S/C20H22ClN3O2/c1-3-24(26,4-2)13-14-11-16(6-8-20(14)25)23-19-9-10-22-18-7-5-15(21)12-17(18)19/h5-12,25H,3-4,13H2,1-2H3,(H,22,23). The predicted molar refractivity (Wildman–Crippen MR) is 107 cm³/mol. The number of hydrogen-bond acceptors (Lipinski definition) is 4. The van der Waals surface area contributed by atoms with Gasteiger partial charge in [0, 0.05) is 28.0 Å². The van der Waals surface area contributed by atoms with Crippen LogP contribution in [0.15, 0.2) is 48.7 Å². The molecule has 5 nitrogen and oxygen atoms in total. The highest BCUT2D eigenvalue weighted by molar-refractivity contribution is 6.31. The van der Waals surface area contributed by atoms with Crippen molar-refractivity contribution in [1.29, 1.82) is 0 Å². The molecule has 0 fully saturated rings. The van der Waals surface area contributed by atoms with Crippen molar-refractivity contribution < 1.29 is 9.75 Å². The smallest absolute Gasteiger partial charge is 0.124 e. The molecule has 0 unspecified atom stereocenters. The highest BCUT2D eigenvalue weighted by atomic mass is 35.5. The Hall–Kier alpha value is -2.34. The molecule has 0 saturated carbocycles. The minimum absolute atomic E-state index is 0.137. The van der Waals surface area contributed by atoms with E-state index in [1.807, 2.05) is 38.1 Å². The molecule has 0 saturated heterocycles. The lowest BCUT2D eigenvalue weighted by atomic mass is 10.1. The van der Waals surface area contributed by atoms with Crippen LogP contribution in [0.5, 0.6) is 5.75 Å². The van der Waals surface area contributed by atoms with Gasteiger partial charge in [-0.3, -0.25) is 4.98 Å². The highest BCUT2D eigenvalue weighted by Crippen LogP contribution is 2.30. The Morgan fingerprint density at radius 3 is 2.62 bits per heavy atom. The third-order valence-corrected chi connectivity index (χ3v) is 4.91. The largest absolute Gasteiger partial charge is 0.633 e. The predicted octanol–water partition coefficient (Wildman–Crippen LogP) is 5.19. The van der Waals surface area contributed by atoms with Gasteiger partial charge < -0.3 is 20.3 Å². The molecule has 0 bridgehead atoms. The first-order valence-electron chi connectivity index (χ1n) is 8.64. The summed E-state index contributed by atoms with van der Waals surface area (Å²) in [5, 5.41) is 27.7. The summed E-state index contributed by atoms with van der Waals surface area (Å²) in [6.45, 7) is 4.88. The Balaban J connectivity index is 1.94. The van der Waals surface area contributed by atoms with Crippen molar-refractivity contribution in [2.75, 3.05) is 18.4 Å². The van der Waals surface area contributed by atoms with Gasteiger partial charge in [-0.15, -0.1) is 0 Å². The summed E-state index contributed by atoms with van der Waals surface area (Å²) in [4.78, 5) is 4.34. The number of nitrogens with zero attached hydrogens (tertiary/aromatic N) is 2. The summed E-state index contributed by atoms with van der Waals surface area (Å²) in [5.74, 6) is 0.137. The second-order valence-corrected chi connectivity index (χ2v) is 6.77. The molecule has 2 N–H and O–H groups in total. The fourth-order valence-electron chi connectivity index (χ4n) is 2.93. The van der Waals surface area contributed by atoms with Crippen molar-refractivity contribution in [3.05, 3.63) is 64.5 Å². The Labute approximate surface area is 158 Å². The van der Waals surface area contributed by atoms with E-state index >= 15 is 0 Å². The lowest BCUT2D eigenvalue weighted by molar-refractivity contribution is -0.890. The topological polar surface area (TPSA) is 68.2 Å². The monoisotopic (exact) mass is 371 g/mol. The van der Waals surface area contributed by atoms with Gasteiger partial charge in [-0.05, 0) is 56.3 Å². The van der Waals surface area contributed by atoms with Gasteiger partial charge in [0.05, 0.1) is 24.2 Å². The third kappa shape index (κ3) is 3.90. The summed E-state index contributed by atoms with van der Waals surface area (Å²) < 4.78 is -0.370. The van der Waals surface area contributed by atoms with Gasteiger partial charge in [0.1, 0.15) is 12.3 Å². The van der Waals surface area contributed by atoms with E-state index in [0.717, 1.165) is 22.3 Å². The fraction of sp³-hybridized carbons (Fsp3) is 0.250. The molecule has 0 aliphatic rings. The van der Waals surface area contributed by atoms with Crippen LogP contribution in [-0.4, -0.2) is 27.8 Å². The number of rotatable bonds is 6. The molecule has 1 aromatic heterocycles. The number of phenols is 1. The van der Waals surface area contributed by atoms with Gasteiger partial charge in [0.25, 0.3) is 0 Å². The lowest BCUT2D eigenvalue weighted by Crippen LogP contribution is -2.40. The number of halogens is 1. The molecule has 0 spiro atoms. The number of hydrogen-bond donors (Lipinski definition) is 2. The minimum atomic E-state index is -0.370. The number of phenolic OH excluding ortho intramolecular Hbond substituents is 1. The first-order valence-corrected chi connectivity index (χ1v) is 9.02. The average molecular weight is 372 g/mol. The van der Waals surface area contributed by atoms with E-state index in [-0.39, 0.29) is 16.9 Å². The van der Waals surface area contributed by atoms with Crippen molar-refractivity contribution in [2.24, 2.45) is 0 Å². The maximum atomic E-state index is 12.6. The molecule has 0 aliphatic carbocycles. The van der Waals surface area contributed by atoms with Crippen LogP contribution >= 0.6 is 11.6 Å². The molecule has 0 aliphatic heterocycles. The first-order chi connectivity index (χ1) is 12.4. The van der Waals surface area contributed by atoms with Gasteiger partial charge in [-0.25, -0.2) is 0 Å². The van der Waals surface area contributed by atoms with Crippen LogP contribution in [0.1, 0.15) is 19.4 Å². The highest BCUT2D eigenvalue weighted by Gasteiger charge is 2.16. The van der Waals surface area contributed by atoms with Crippen molar-refractivity contribution in [1.82, 2.24) is 4.98 Å². The summed E-state index contributed by atoms with van der Waals surface area (Å²) in [5.41, 5.74) is 3.13. The van der Waals surface area contributed by atoms with Crippen molar-refractivity contribution >= 4 is 33.9 Å². The number of benzene rings is 2. The van der Waals surface area contributed by atoms with Crippen LogP contribution in [0, 0.1) is 5.21 Å². The molecule has 0 amide bonds. The van der Waals surface area contributed by atoms with Crippen molar-refractivity contribution in [3.8, 4) is 5.75 Å². The number of aromatic hydroxyl groups is 1. The molecule has 3 rings (SSSR count). The van der Waals surface area contributed by atoms with Crippen molar-refractivity contribution in [3.63, 3.8) is 0 Å². The third-order valence-electron chi connectivity index (χ3n) is 4.67. The maximum absolute atomic E-state index is 12.6. The molecule has 6 heteroatoms. The van der Waals surface area contributed by atoms with E-state index in [2.05, 4.69) is 10.3 Å². The molecule has 0 radical (unpaired) electrons. The molecule has 26 heavy (non-hydrogen) atoms. The van der Waals surface area contributed by atoms with E-state index in [1.54, 1.807) is 24.4 Å². The van der Waals surface area contributed by atoms with Crippen LogP contribution < -0.4 is 5.32 Å². The minimum Gasteiger partial charge on any atom is -0.633 e. The van der Waals surface area contributed by atoms with Crippen LogP contribution in [0.25, 0.3) is 10.9 Å². The Kier molecular flexibility index (Phi) is 5.32. The van der Waals surface area contributed by atoms with Gasteiger partial charge in [0.2, 0.25) is 0 Å². The van der Waals surface area contributed by atoms with E-state index in [4.69, 9.17) is 11.6 Å². The van der Waals surface area contributed by atoms with E-state index in [9.17, 15) is 10.3 Å². The zero-order valence-corrected chi connectivity index (χ0v) is 15.6. The van der Waals surface area contributed by atoms with Crippen LogP contribution in [-0.2, 0) is 6.54 Å². The Bertz CT molecular complexity index is 926. The fourth-order valence-corrected chi connectivity index (χ4v) is 3.10. The second-order valence-electron chi connectivity index (χ2n) is 6.34. The average Bonchev–Trinajstić information content (AvgIpc) is 2.65. The van der Waals surface area contributed by atoms with E-state index in [0.29, 0.717) is 23.7 Å². The summed E-state index contributed by atoms with van der Waals surface area (Å²) in [6, 6.07) is 12.6. The molecule has 0 atom stereocenters. The maximum Gasteiger partial charge on any atom is 0.124 e. The lowest BCUT2D eigenvalue weighted by Gasteiger charge is -2.41. The Morgan fingerprint density at radius 1 is 1.12 bits per heavy atom. The SMILES string of the molecule is CC[N+]([O-])(CC)Cc1cc(Nc2ccnc3ccc(Cl)cc23)ccc1O. The zero-order valence-electron chi connectivity index (χ0n) is 14.9. The van der Waals surface area contributed by atoms with Crippen molar-refractivity contribution in [2.45, 2.75) is 20.4 Å². The number of quaternary nitrogens is 1. The summed E-state index contributed by atoms with van der Waals surface area (Å²) in [7, 11) is 0. The molecular formula is C20H22ClN3O2. The number of pyridine rings is 1. The normalized spacial score (nSPS) is 11.7. The van der Waals surface area contributed by atoms with Crippen LogP contribution in [0.4, 0.5) is 11.4 Å². The van der Waals surface area contributed by atoms with Gasteiger partial charge in [-0.2, -0.15) is 0 Å².